The first-order valence-corrected chi connectivity index (χ1v) is 17.6. The van der Waals surface area contributed by atoms with Gasteiger partial charge in [0.05, 0.1) is 6.61 Å². The minimum atomic E-state index is 0.672. The molecule has 1 rings (SSSR count). The second kappa shape index (κ2) is 26.7. The number of aromatic nitrogens is 1. The van der Waals surface area contributed by atoms with Gasteiger partial charge >= 0.3 is 0 Å². The van der Waals surface area contributed by atoms with E-state index >= 15 is 0 Å². The van der Waals surface area contributed by atoms with Crippen molar-refractivity contribution in [2.75, 3.05) is 26.7 Å². The highest BCUT2D eigenvalue weighted by Crippen LogP contribution is 2.19. The Morgan fingerprint density at radius 2 is 1.27 bits per heavy atom. The van der Waals surface area contributed by atoms with E-state index in [9.17, 15) is 0 Å². The lowest BCUT2D eigenvalue weighted by atomic mass is 9.95. The number of hydrogen-bond donors (Lipinski definition) is 1. The minimum absolute atomic E-state index is 0.672. The van der Waals surface area contributed by atoms with Crippen LogP contribution in [0.25, 0.3) is 0 Å². The van der Waals surface area contributed by atoms with Crippen LogP contribution in [0.2, 0.25) is 0 Å². The molecule has 4 nitrogen and oxygen atoms in total. The Labute approximate surface area is 250 Å². The highest BCUT2D eigenvalue weighted by molar-refractivity contribution is 5.17. The average molecular weight is 560 g/mol. The van der Waals surface area contributed by atoms with Crippen molar-refractivity contribution in [3.8, 4) is 5.88 Å². The summed E-state index contributed by atoms with van der Waals surface area (Å²) in [4.78, 5) is 7.10. The third-order valence-electron chi connectivity index (χ3n) is 8.32. The van der Waals surface area contributed by atoms with Gasteiger partial charge < -0.3 is 15.0 Å². The number of nitrogens with zero attached hydrogens (tertiary/aromatic N) is 2. The van der Waals surface area contributed by atoms with E-state index in [1.54, 1.807) is 0 Å². The van der Waals surface area contributed by atoms with Gasteiger partial charge in [0.15, 0.2) is 0 Å². The fourth-order valence-electron chi connectivity index (χ4n) is 5.80. The third-order valence-corrected chi connectivity index (χ3v) is 8.32. The Balaban J connectivity index is 2.34. The molecule has 1 heterocycles. The second-order valence-corrected chi connectivity index (χ2v) is 12.5. The van der Waals surface area contributed by atoms with Gasteiger partial charge in [0.1, 0.15) is 0 Å². The van der Waals surface area contributed by atoms with Crippen LogP contribution in [0.3, 0.4) is 0 Å². The van der Waals surface area contributed by atoms with E-state index in [4.69, 9.17) is 4.74 Å². The first-order chi connectivity index (χ1) is 19.6. The summed E-state index contributed by atoms with van der Waals surface area (Å²) >= 11 is 0. The highest BCUT2D eigenvalue weighted by atomic mass is 16.5. The summed E-state index contributed by atoms with van der Waals surface area (Å²) < 4.78 is 6.00. The summed E-state index contributed by atoms with van der Waals surface area (Å²) in [7, 11) is 2.26. The molecule has 1 aromatic rings. The molecule has 234 valence electrons. The predicted octanol–water partition coefficient (Wildman–Crippen LogP) is 10.3. The van der Waals surface area contributed by atoms with Crippen LogP contribution in [0.5, 0.6) is 5.88 Å². The van der Waals surface area contributed by atoms with Crippen LogP contribution in [0.1, 0.15) is 162 Å². The lowest BCUT2D eigenvalue weighted by Gasteiger charge is -2.24. The van der Waals surface area contributed by atoms with Gasteiger partial charge in [0, 0.05) is 31.4 Å². The van der Waals surface area contributed by atoms with Crippen LogP contribution in [0.4, 0.5) is 0 Å². The predicted molar refractivity (Wildman–Crippen MR) is 176 cm³/mol. The van der Waals surface area contributed by atoms with Gasteiger partial charge in [-0.3, -0.25) is 0 Å². The highest BCUT2D eigenvalue weighted by Gasteiger charge is 2.12. The van der Waals surface area contributed by atoms with Gasteiger partial charge in [-0.05, 0) is 57.2 Å². The Bertz CT molecular complexity index is 636. The van der Waals surface area contributed by atoms with E-state index < -0.39 is 0 Å². The van der Waals surface area contributed by atoms with Crippen molar-refractivity contribution in [3.05, 3.63) is 23.9 Å². The van der Waals surface area contributed by atoms with Crippen molar-refractivity contribution < 1.29 is 4.74 Å². The van der Waals surface area contributed by atoms with Crippen LogP contribution in [-0.4, -0.2) is 42.7 Å². The average Bonchev–Trinajstić information content (AvgIpc) is 2.95. The van der Waals surface area contributed by atoms with E-state index in [0.717, 1.165) is 37.9 Å². The van der Waals surface area contributed by atoms with E-state index in [1.807, 2.05) is 6.20 Å². The first-order valence-electron chi connectivity index (χ1n) is 17.6. The topological polar surface area (TPSA) is 37.4 Å². The quantitative estimate of drug-likeness (QED) is 0.0991. The molecule has 0 radical (unpaired) electrons. The van der Waals surface area contributed by atoms with Crippen LogP contribution < -0.4 is 10.1 Å². The molecule has 0 saturated carbocycles. The molecule has 0 saturated heterocycles. The van der Waals surface area contributed by atoms with Crippen LogP contribution in [0.15, 0.2) is 18.3 Å². The zero-order valence-electron chi connectivity index (χ0n) is 27.7. The van der Waals surface area contributed by atoms with Crippen molar-refractivity contribution in [2.45, 2.75) is 169 Å². The Kier molecular flexibility index (Phi) is 24.7. The van der Waals surface area contributed by atoms with Gasteiger partial charge in [0.25, 0.3) is 0 Å². The molecule has 1 unspecified atom stereocenters. The van der Waals surface area contributed by atoms with E-state index in [1.165, 1.54) is 134 Å². The molecule has 40 heavy (non-hydrogen) atoms. The largest absolute Gasteiger partial charge is 0.478 e. The number of nitrogens with one attached hydrogen (secondary N) is 1. The molecule has 1 atom stereocenters. The molecule has 0 spiro atoms. The van der Waals surface area contributed by atoms with Crippen molar-refractivity contribution in [3.63, 3.8) is 0 Å². The van der Waals surface area contributed by atoms with Crippen LogP contribution in [-0.2, 0) is 6.54 Å². The van der Waals surface area contributed by atoms with Crippen molar-refractivity contribution in [1.29, 1.82) is 0 Å². The summed E-state index contributed by atoms with van der Waals surface area (Å²) in [6.07, 6.45) is 28.9. The van der Waals surface area contributed by atoms with Gasteiger partial charge in [-0.1, -0.05) is 130 Å². The number of ether oxygens (including phenoxy) is 1. The maximum Gasteiger partial charge on any atom is 0.213 e. The Hall–Kier alpha value is -1.13. The van der Waals surface area contributed by atoms with Crippen molar-refractivity contribution in [2.24, 2.45) is 5.92 Å². The monoisotopic (exact) mass is 560 g/mol. The minimum Gasteiger partial charge on any atom is -0.478 e. The zero-order chi connectivity index (χ0) is 29.1. The lowest BCUT2D eigenvalue weighted by Crippen LogP contribution is -2.30. The zero-order valence-corrected chi connectivity index (χ0v) is 27.7. The van der Waals surface area contributed by atoms with E-state index in [2.05, 4.69) is 62.1 Å². The van der Waals surface area contributed by atoms with Gasteiger partial charge in [-0.15, -0.1) is 0 Å². The summed E-state index contributed by atoms with van der Waals surface area (Å²) in [5.41, 5.74) is 1.28. The molecular formula is C36H69N3O. The molecule has 0 amide bonds. The lowest BCUT2D eigenvalue weighted by molar-refractivity contribution is 0.244. The summed E-state index contributed by atoms with van der Waals surface area (Å²) in [5.74, 6) is 1.58. The standard InChI is InChI=1S/C36H69N3O/c1-6-10-14-16-19-24-35(25-20-17-15-11-7-2)37-28-21-29-40-36-27-26-34(30-38-36)32-39(5)31-33(22-13-9-4)23-18-12-8-3/h26-27,30,33,35,37H,6-25,28-29,31-32H2,1-5H3. The SMILES string of the molecule is CCCCCCCC(CCCCCCC)NCCCOc1ccc(CN(C)CC(CCCC)CCCCC)cn1. The fourth-order valence-corrected chi connectivity index (χ4v) is 5.80. The Morgan fingerprint density at radius 1 is 0.700 bits per heavy atom. The number of hydrogen-bond acceptors (Lipinski definition) is 4. The molecule has 1 N–H and O–H groups in total. The van der Waals surface area contributed by atoms with E-state index in [-0.39, 0.29) is 0 Å². The second-order valence-electron chi connectivity index (χ2n) is 12.5. The molecule has 0 aliphatic carbocycles. The molecule has 0 aliphatic heterocycles. The smallest absolute Gasteiger partial charge is 0.213 e. The van der Waals surface area contributed by atoms with Gasteiger partial charge in [0.2, 0.25) is 5.88 Å². The first kappa shape index (κ1) is 36.9. The molecule has 1 aromatic heterocycles. The van der Waals surface area contributed by atoms with Crippen molar-refractivity contribution >= 4 is 0 Å². The Morgan fingerprint density at radius 3 is 1.88 bits per heavy atom. The maximum atomic E-state index is 6.00. The summed E-state index contributed by atoms with van der Waals surface area (Å²) in [5, 5.41) is 3.86. The van der Waals surface area contributed by atoms with Gasteiger partial charge in [-0.2, -0.15) is 0 Å². The van der Waals surface area contributed by atoms with Gasteiger partial charge in [-0.25, -0.2) is 4.98 Å². The number of unbranched alkanes of at least 4 members (excludes halogenated alkanes) is 11. The molecular weight excluding hydrogens is 490 g/mol. The maximum absolute atomic E-state index is 6.00. The molecule has 0 aliphatic rings. The third kappa shape index (κ3) is 20.7. The molecule has 0 fully saturated rings. The number of rotatable bonds is 29. The van der Waals surface area contributed by atoms with E-state index in [0.29, 0.717) is 6.04 Å². The van der Waals surface area contributed by atoms with Crippen LogP contribution in [0, 0.1) is 5.92 Å². The molecule has 0 aromatic carbocycles. The molecule has 4 heteroatoms. The van der Waals surface area contributed by atoms with Crippen molar-refractivity contribution in [1.82, 2.24) is 15.2 Å². The normalized spacial score (nSPS) is 12.5. The summed E-state index contributed by atoms with van der Waals surface area (Å²) in [6.45, 7) is 13.1. The summed E-state index contributed by atoms with van der Waals surface area (Å²) in [6, 6.07) is 4.93. The number of pyridine rings is 1. The fraction of sp³-hybridized carbons (Fsp3) is 0.861. The molecule has 0 bridgehead atoms. The van der Waals surface area contributed by atoms with Crippen LogP contribution >= 0.6 is 0 Å².